The molecular weight excluding hydrogens is 468 g/mol. The zero-order valence-electron chi connectivity index (χ0n) is 24.7. The van der Waals surface area contributed by atoms with Gasteiger partial charge in [-0.25, -0.2) is 0 Å². The molecule has 0 heterocycles. The lowest BCUT2D eigenvalue weighted by Crippen LogP contribution is -2.43. The Kier molecular flexibility index (Phi) is 13.6. The Labute approximate surface area is 222 Å². The van der Waals surface area contributed by atoms with E-state index in [9.17, 15) is 15.0 Å². The normalized spacial score (nSPS) is 24.6. The molecule has 1 rings (SSSR count). The van der Waals surface area contributed by atoms with Crippen molar-refractivity contribution in [2.24, 2.45) is 11.8 Å². The van der Waals surface area contributed by atoms with Crippen LogP contribution < -0.4 is 0 Å². The number of carbonyl (C=O) groups is 1. The average molecular weight is 525 g/mol. The van der Waals surface area contributed by atoms with Gasteiger partial charge in [-0.1, -0.05) is 64.8 Å². The van der Waals surface area contributed by atoms with E-state index >= 15 is 0 Å². The number of allylic oxidation sites excluding steroid dienone is 2. The summed E-state index contributed by atoms with van der Waals surface area (Å²) in [7, 11) is -2.04. The number of rotatable bonds is 14. The Morgan fingerprint density at radius 3 is 2.28 bits per heavy atom. The van der Waals surface area contributed by atoms with Gasteiger partial charge in [0.05, 0.1) is 18.3 Å². The molecule has 5 atom stereocenters. The lowest BCUT2D eigenvalue weighted by atomic mass is 9.89. The predicted molar refractivity (Wildman–Crippen MR) is 152 cm³/mol. The number of hydrogen-bond donors (Lipinski definition) is 2. The summed E-state index contributed by atoms with van der Waals surface area (Å²) in [5, 5.41) is 21.4. The van der Waals surface area contributed by atoms with E-state index in [1.807, 2.05) is 20.8 Å². The molecule has 0 amide bonds. The molecule has 0 aliphatic heterocycles. The molecule has 0 unspecified atom stereocenters. The van der Waals surface area contributed by atoms with Crippen LogP contribution in [-0.4, -0.2) is 48.4 Å². The second-order valence-electron chi connectivity index (χ2n) is 13.1. The van der Waals surface area contributed by atoms with Crippen molar-refractivity contribution in [2.45, 2.75) is 148 Å². The van der Waals surface area contributed by atoms with E-state index in [0.29, 0.717) is 19.3 Å². The summed E-state index contributed by atoms with van der Waals surface area (Å²) in [6, 6.07) is 0. The van der Waals surface area contributed by atoms with E-state index in [1.165, 1.54) is 19.3 Å². The van der Waals surface area contributed by atoms with Crippen molar-refractivity contribution < 1.29 is 24.2 Å². The number of ether oxygens (including phenoxy) is 1. The topological polar surface area (TPSA) is 76.0 Å². The van der Waals surface area contributed by atoms with Crippen LogP contribution in [0, 0.1) is 11.8 Å². The number of aliphatic hydroxyl groups is 2. The maximum atomic E-state index is 12.2. The van der Waals surface area contributed by atoms with Gasteiger partial charge in [0.15, 0.2) is 8.32 Å². The van der Waals surface area contributed by atoms with E-state index in [1.54, 1.807) is 0 Å². The largest absolute Gasteiger partial charge is 0.460 e. The van der Waals surface area contributed by atoms with Gasteiger partial charge < -0.3 is 19.4 Å². The first kappa shape index (κ1) is 33.1. The minimum Gasteiger partial charge on any atom is -0.460 e. The number of esters is 1. The molecule has 1 fully saturated rings. The van der Waals surface area contributed by atoms with Crippen molar-refractivity contribution >= 4 is 14.3 Å². The maximum absolute atomic E-state index is 12.2. The lowest BCUT2D eigenvalue weighted by molar-refractivity contribution is -0.154. The minimum absolute atomic E-state index is 0.00830. The zero-order valence-corrected chi connectivity index (χ0v) is 25.7. The summed E-state index contributed by atoms with van der Waals surface area (Å²) in [6.45, 7) is 19.0. The molecule has 1 aliphatic carbocycles. The summed E-state index contributed by atoms with van der Waals surface area (Å²) in [5.74, 6) is -0.275. The van der Waals surface area contributed by atoms with E-state index in [-0.39, 0.29) is 28.9 Å². The summed E-state index contributed by atoms with van der Waals surface area (Å²) in [4.78, 5) is 12.2. The van der Waals surface area contributed by atoms with Crippen LogP contribution in [0.4, 0.5) is 0 Å². The van der Waals surface area contributed by atoms with Crippen molar-refractivity contribution in [3.8, 4) is 0 Å². The molecule has 0 radical (unpaired) electrons. The van der Waals surface area contributed by atoms with E-state index in [2.05, 4.69) is 65.1 Å². The standard InChI is InChI=1S/C30H56O5Si/c1-10-11-12-13-14-15-18-24-25(27(32)22-26(24)31)21-20-23(35-36(8,9)30(5,6)7)17-16-19-28(33)34-29(2,3)4/h14-15,20-21,23-27,31-32H,10-13,16-19,22H2,1-9H3/b15-14-,21-20?/t23-,24-,25+,26+,27-/m1/s1. The Morgan fingerprint density at radius 2 is 1.69 bits per heavy atom. The molecule has 0 saturated heterocycles. The van der Waals surface area contributed by atoms with Crippen molar-refractivity contribution in [1.29, 1.82) is 0 Å². The zero-order chi connectivity index (χ0) is 27.6. The van der Waals surface area contributed by atoms with Crippen molar-refractivity contribution in [2.75, 3.05) is 0 Å². The SMILES string of the molecule is CCCCC/C=C\C[C@@H]1[C@H](C=C[C@@H](CCCC(=O)OC(C)(C)C)O[Si](C)(C)C(C)(C)C)[C@H](O)C[C@@H]1O. The third-order valence-electron chi connectivity index (χ3n) is 7.55. The first-order chi connectivity index (χ1) is 16.6. The first-order valence-corrected chi connectivity index (χ1v) is 17.1. The first-order valence-electron chi connectivity index (χ1n) is 14.2. The molecule has 1 saturated carbocycles. The van der Waals surface area contributed by atoms with Gasteiger partial charge in [0.2, 0.25) is 0 Å². The lowest BCUT2D eigenvalue weighted by Gasteiger charge is -2.39. The molecule has 36 heavy (non-hydrogen) atoms. The van der Waals surface area contributed by atoms with Crippen LogP contribution in [0.3, 0.4) is 0 Å². The molecule has 1 aliphatic rings. The third-order valence-corrected chi connectivity index (χ3v) is 12.1. The van der Waals surface area contributed by atoms with Crippen molar-refractivity contribution in [3.05, 3.63) is 24.3 Å². The van der Waals surface area contributed by atoms with Crippen LogP contribution in [0.2, 0.25) is 18.1 Å². The van der Waals surface area contributed by atoms with Gasteiger partial charge in [-0.05, 0) is 76.9 Å². The van der Waals surface area contributed by atoms with E-state index < -0.39 is 26.1 Å². The number of unbranched alkanes of at least 4 members (excludes halogenated alkanes) is 3. The summed E-state index contributed by atoms with van der Waals surface area (Å²) >= 11 is 0. The van der Waals surface area contributed by atoms with Gasteiger partial charge in [0.1, 0.15) is 5.60 Å². The van der Waals surface area contributed by atoms with Crippen LogP contribution in [0.25, 0.3) is 0 Å². The smallest absolute Gasteiger partial charge is 0.306 e. The molecule has 5 nitrogen and oxygen atoms in total. The summed E-state index contributed by atoms with van der Waals surface area (Å²) in [5.41, 5.74) is -0.479. The van der Waals surface area contributed by atoms with Gasteiger partial charge in [0, 0.05) is 18.8 Å². The number of hydrogen-bond acceptors (Lipinski definition) is 5. The second-order valence-corrected chi connectivity index (χ2v) is 17.9. The highest BCUT2D eigenvalue weighted by molar-refractivity contribution is 6.74. The molecule has 6 heteroatoms. The predicted octanol–water partition coefficient (Wildman–Crippen LogP) is 7.33. The molecule has 0 aromatic rings. The molecule has 210 valence electrons. The maximum Gasteiger partial charge on any atom is 0.306 e. The third kappa shape index (κ3) is 12.1. The Hall–Kier alpha value is -0.953. The van der Waals surface area contributed by atoms with Crippen LogP contribution in [0.5, 0.6) is 0 Å². The fraction of sp³-hybridized carbons (Fsp3) is 0.833. The highest BCUT2D eigenvalue weighted by atomic mass is 28.4. The summed E-state index contributed by atoms with van der Waals surface area (Å²) in [6.07, 6.45) is 15.0. The van der Waals surface area contributed by atoms with Crippen LogP contribution >= 0.6 is 0 Å². The number of aliphatic hydroxyl groups excluding tert-OH is 2. The monoisotopic (exact) mass is 524 g/mol. The molecule has 0 aromatic heterocycles. The van der Waals surface area contributed by atoms with Crippen LogP contribution in [0.15, 0.2) is 24.3 Å². The van der Waals surface area contributed by atoms with Gasteiger partial charge >= 0.3 is 5.97 Å². The Balaban J connectivity index is 2.90. The molecule has 2 N–H and O–H groups in total. The van der Waals surface area contributed by atoms with Gasteiger partial charge in [0.25, 0.3) is 0 Å². The quantitative estimate of drug-likeness (QED) is 0.108. The Morgan fingerprint density at radius 1 is 1.03 bits per heavy atom. The fourth-order valence-corrected chi connectivity index (χ4v) is 5.74. The molecular formula is C30H56O5Si. The van der Waals surface area contributed by atoms with Gasteiger partial charge in [-0.3, -0.25) is 4.79 Å². The van der Waals surface area contributed by atoms with Gasteiger partial charge in [-0.15, -0.1) is 0 Å². The fourth-order valence-electron chi connectivity index (χ4n) is 4.43. The second kappa shape index (κ2) is 14.8. The average Bonchev–Trinajstić information content (AvgIpc) is 2.98. The van der Waals surface area contributed by atoms with Gasteiger partial charge in [-0.2, -0.15) is 0 Å². The van der Waals surface area contributed by atoms with E-state index in [4.69, 9.17) is 9.16 Å². The molecule has 0 spiro atoms. The summed E-state index contributed by atoms with van der Waals surface area (Å²) < 4.78 is 12.2. The van der Waals surface area contributed by atoms with Crippen molar-refractivity contribution in [1.82, 2.24) is 0 Å². The van der Waals surface area contributed by atoms with Crippen LogP contribution in [0.1, 0.15) is 106 Å². The van der Waals surface area contributed by atoms with Crippen LogP contribution in [-0.2, 0) is 14.0 Å². The number of carbonyl (C=O) groups excluding carboxylic acids is 1. The van der Waals surface area contributed by atoms with Crippen molar-refractivity contribution in [3.63, 3.8) is 0 Å². The molecule has 0 aromatic carbocycles. The minimum atomic E-state index is -2.04. The highest BCUT2D eigenvalue weighted by Gasteiger charge is 2.41. The highest BCUT2D eigenvalue weighted by Crippen LogP contribution is 2.39. The van der Waals surface area contributed by atoms with E-state index in [0.717, 1.165) is 19.3 Å². The molecule has 0 bridgehead atoms. The Bertz CT molecular complexity index is 701.